The molecule has 2 N–H and O–H groups in total. The van der Waals surface area contributed by atoms with Gasteiger partial charge in [0.1, 0.15) is 0 Å². The third kappa shape index (κ3) is 7.40. The first-order valence-electron chi connectivity index (χ1n) is 6.97. The summed E-state index contributed by atoms with van der Waals surface area (Å²) in [6, 6.07) is 0. The lowest BCUT2D eigenvalue weighted by Crippen LogP contribution is -2.47. The topological polar surface area (TPSA) is 44.4 Å². The third-order valence-corrected chi connectivity index (χ3v) is 4.60. The van der Waals surface area contributed by atoms with Crippen molar-refractivity contribution in [2.75, 3.05) is 45.0 Å². The zero-order chi connectivity index (χ0) is 13.4. The van der Waals surface area contributed by atoms with Gasteiger partial charge in [0, 0.05) is 39.3 Å². The zero-order valence-electron chi connectivity index (χ0n) is 12.3. The van der Waals surface area contributed by atoms with Crippen molar-refractivity contribution in [1.82, 2.24) is 15.5 Å². The van der Waals surface area contributed by atoms with E-state index in [1.165, 1.54) is 0 Å². The van der Waals surface area contributed by atoms with Crippen LogP contribution in [0.25, 0.3) is 0 Å². The fraction of sp³-hybridized carbons (Fsp3) is 0.923. The van der Waals surface area contributed by atoms with Gasteiger partial charge >= 0.3 is 0 Å². The maximum atomic E-state index is 12.1. The van der Waals surface area contributed by atoms with Crippen LogP contribution < -0.4 is 10.6 Å². The summed E-state index contributed by atoms with van der Waals surface area (Å²) in [5, 5.41) is 6.50. The van der Waals surface area contributed by atoms with Gasteiger partial charge in [-0.1, -0.05) is 20.8 Å². The molecular weight excluding hydrogens is 282 g/mol. The van der Waals surface area contributed by atoms with E-state index in [-0.39, 0.29) is 23.6 Å². The summed E-state index contributed by atoms with van der Waals surface area (Å²) in [5.41, 5.74) is 0. The standard InChI is InChI=1S/C13H27N3OS.ClH/c1-4-18-12(11(2)3)13(17)15-7-10-16-8-5-14-6-9-16;/h11-12,14H,4-10H2,1-3H3,(H,15,17);1H. The average molecular weight is 310 g/mol. The molecule has 0 aliphatic carbocycles. The van der Waals surface area contributed by atoms with Crippen LogP contribution >= 0.6 is 24.2 Å². The number of hydrogen-bond acceptors (Lipinski definition) is 4. The molecule has 4 nitrogen and oxygen atoms in total. The first-order chi connectivity index (χ1) is 8.65. The van der Waals surface area contributed by atoms with Gasteiger partial charge in [-0.2, -0.15) is 0 Å². The SMILES string of the molecule is CCSC(C(=O)NCCN1CCNCC1)C(C)C.Cl. The summed E-state index contributed by atoms with van der Waals surface area (Å²) in [4.78, 5) is 14.5. The number of amides is 1. The number of hydrogen-bond donors (Lipinski definition) is 2. The molecule has 1 aliphatic heterocycles. The van der Waals surface area contributed by atoms with Gasteiger partial charge in [0.25, 0.3) is 0 Å². The lowest BCUT2D eigenvalue weighted by molar-refractivity contribution is -0.121. The molecule has 1 atom stereocenters. The van der Waals surface area contributed by atoms with Crippen LogP contribution in [-0.4, -0.2) is 61.1 Å². The first-order valence-corrected chi connectivity index (χ1v) is 8.02. The number of nitrogens with zero attached hydrogens (tertiary/aromatic N) is 1. The Morgan fingerprint density at radius 1 is 1.37 bits per heavy atom. The van der Waals surface area contributed by atoms with Crippen LogP contribution in [0, 0.1) is 5.92 Å². The van der Waals surface area contributed by atoms with Gasteiger partial charge in [0.05, 0.1) is 5.25 Å². The molecule has 0 aromatic heterocycles. The van der Waals surface area contributed by atoms with Crippen LogP contribution in [0.4, 0.5) is 0 Å². The Morgan fingerprint density at radius 3 is 2.53 bits per heavy atom. The average Bonchev–Trinajstić information content (AvgIpc) is 2.36. The molecule has 0 aromatic carbocycles. The first kappa shape index (κ1) is 19.0. The minimum absolute atomic E-state index is 0. The van der Waals surface area contributed by atoms with Crippen LogP contribution in [0.2, 0.25) is 0 Å². The molecule has 114 valence electrons. The number of piperazine rings is 1. The Balaban J connectivity index is 0.00000324. The second-order valence-corrected chi connectivity index (χ2v) is 6.42. The van der Waals surface area contributed by atoms with Crippen LogP contribution in [0.15, 0.2) is 0 Å². The van der Waals surface area contributed by atoms with E-state index in [2.05, 4.69) is 36.3 Å². The van der Waals surface area contributed by atoms with E-state index in [0.717, 1.165) is 45.0 Å². The van der Waals surface area contributed by atoms with Gasteiger partial charge in [0.15, 0.2) is 0 Å². The van der Waals surface area contributed by atoms with E-state index in [1.54, 1.807) is 11.8 Å². The number of carbonyl (C=O) groups is 1. The van der Waals surface area contributed by atoms with Crippen molar-refractivity contribution in [1.29, 1.82) is 0 Å². The van der Waals surface area contributed by atoms with Gasteiger partial charge in [-0.3, -0.25) is 9.69 Å². The van der Waals surface area contributed by atoms with Crippen molar-refractivity contribution in [2.45, 2.75) is 26.0 Å². The predicted molar refractivity (Wildman–Crippen MR) is 86.3 cm³/mol. The summed E-state index contributed by atoms with van der Waals surface area (Å²) < 4.78 is 0. The number of halogens is 1. The van der Waals surface area contributed by atoms with Gasteiger partial charge in [0.2, 0.25) is 5.91 Å². The van der Waals surface area contributed by atoms with Crippen molar-refractivity contribution in [2.24, 2.45) is 5.92 Å². The Morgan fingerprint density at radius 2 is 2.00 bits per heavy atom. The minimum Gasteiger partial charge on any atom is -0.354 e. The lowest BCUT2D eigenvalue weighted by atomic mass is 10.1. The Labute approximate surface area is 127 Å². The Hall–Kier alpha value is 0.0300. The predicted octanol–water partition coefficient (Wildman–Crippen LogP) is 1.21. The van der Waals surface area contributed by atoms with Crippen molar-refractivity contribution in [3.8, 4) is 0 Å². The molecule has 1 unspecified atom stereocenters. The lowest BCUT2D eigenvalue weighted by Gasteiger charge is -2.27. The van der Waals surface area contributed by atoms with E-state index in [9.17, 15) is 4.79 Å². The Kier molecular flexibility index (Phi) is 10.8. The fourth-order valence-electron chi connectivity index (χ4n) is 2.12. The maximum Gasteiger partial charge on any atom is 0.233 e. The van der Waals surface area contributed by atoms with Crippen LogP contribution in [0.3, 0.4) is 0 Å². The molecule has 6 heteroatoms. The molecule has 1 saturated heterocycles. The quantitative estimate of drug-likeness (QED) is 0.742. The Bertz CT molecular complexity index is 248. The maximum absolute atomic E-state index is 12.1. The highest BCUT2D eigenvalue weighted by Crippen LogP contribution is 2.19. The van der Waals surface area contributed by atoms with E-state index in [0.29, 0.717) is 5.92 Å². The molecule has 1 rings (SSSR count). The highest BCUT2D eigenvalue weighted by Gasteiger charge is 2.21. The summed E-state index contributed by atoms with van der Waals surface area (Å²) in [7, 11) is 0. The zero-order valence-corrected chi connectivity index (χ0v) is 13.9. The summed E-state index contributed by atoms with van der Waals surface area (Å²) in [5.74, 6) is 1.59. The molecule has 1 fully saturated rings. The molecule has 0 bridgehead atoms. The summed E-state index contributed by atoms with van der Waals surface area (Å²) in [6.07, 6.45) is 0. The van der Waals surface area contributed by atoms with E-state index in [4.69, 9.17) is 0 Å². The van der Waals surface area contributed by atoms with Crippen LogP contribution in [-0.2, 0) is 4.79 Å². The highest BCUT2D eigenvalue weighted by atomic mass is 35.5. The van der Waals surface area contributed by atoms with Crippen molar-refractivity contribution in [3.05, 3.63) is 0 Å². The van der Waals surface area contributed by atoms with Crippen molar-refractivity contribution in [3.63, 3.8) is 0 Å². The summed E-state index contributed by atoms with van der Waals surface area (Å²) in [6.45, 7) is 12.4. The van der Waals surface area contributed by atoms with Crippen molar-refractivity contribution < 1.29 is 4.79 Å². The molecule has 1 aliphatic rings. The van der Waals surface area contributed by atoms with E-state index in [1.807, 2.05) is 0 Å². The molecule has 1 heterocycles. The summed E-state index contributed by atoms with van der Waals surface area (Å²) >= 11 is 1.74. The molecule has 0 aromatic rings. The number of carbonyl (C=O) groups excluding carboxylic acids is 1. The number of thioether (sulfide) groups is 1. The van der Waals surface area contributed by atoms with Gasteiger partial charge in [-0.05, 0) is 11.7 Å². The second-order valence-electron chi connectivity index (χ2n) is 5.00. The monoisotopic (exact) mass is 309 g/mol. The molecule has 0 saturated carbocycles. The van der Waals surface area contributed by atoms with Crippen LogP contribution in [0.5, 0.6) is 0 Å². The third-order valence-electron chi connectivity index (χ3n) is 3.15. The van der Waals surface area contributed by atoms with E-state index >= 15 is 0 Å². The van der Waals surface area contributed by atoms with E-state index < -0.39 is 0 Å². The molecule has 0 radical (unpaired) electrons. The van der Waals surface area contributed by atoms with Gasteiger partial charge < -0.3 is 10.6 Å². The minimum atomic E-state index is 0. The second kappa shape index (κ2) is 10.8. The normalized spacial score (nSPS) is 17.9. The largest absolute Gasteiger partial charge is 0.354 e. The molecule has 19 heavy (non-hydrogen) atoms. The molecular formula is C13H28ClN3OS. The smallest absolute Gasteiger partial charge is 0.233 e. The van der Waals surface area contributed by atoms with Crippen LogP contribution in [0.1, 0.15) is 20.8 Å². The van der Waals surface area contributed by atoms with Gasteiger partial charge in [-0.15, -0.1) is 24.2 Å². The van der Waals surface area contributed by atoms with Gasteiger partial charge in [-0.25, -0.2) is 0 Å². The molecule has 0 spiro atoms. The molecule has 1 amide bonds. The fourth-order valence-corrected chi connectivity index (χ4v) is 3.10. The van der Waals surface area contributed by atoms with Crippen molar-refractivity contribution >= 4 is 30.1 Å². The number of nitrogens with one attached hydrogen (secondary N) is 2. The highest BCUT2D eigenvalue weighted by molar-refractivity contribution is 8.00. The number of rotatable bonds is 7.